The number of aryl methyl sites for hydroxylation is 1. The number of hydrogen-bond donors (Lipinski definition) is 0. The van der Waals surface area contributed by atoms with Gasteiger partial charge in [0.15, 0.2) is 0 Å². The van der Waals surface area contributed by atoms with Crippen molar-refractivity contribution in [1.82, 2.24) is 9.88 Å². The maximum absolute atomic E-state index is 12.9. The van der Waals surface area contributed by atoms with Crippen molar-refractivity contribution in [2.24, 2.45) is 0 Å². The second kappa shape index (κ2) is 7.71. The number of likely N-dealkylation sites (tertiary alicyclic amines) is 1. The molecule has 144 valence electrons. The van der Waals surface area contributed by atoms with Gasteiger partial charge in [0.25, 0.3) is 0 Å². The van der Waals surface area contributed by atoms with Gasteiger partial charge in [0.05, 0.1) is 5.56 Å². The molecule has 1 amide bonds. The minimum absolute atomic E-state index is 0.0662. The Labute approximate surface area is 157 Å². The molecule has 0 N–H and O–H groups in total. The third-order valence-corrected chi connectivity index (χ3v) is 4.98. The summed E-state index contributed by atoms with van der Waals surface area (Å²) in [7, 11) is 0. The minimum atomic E-state index is -4.34. The van der Waals surface area contributed by atoms with Crippen molar-refractivity contribution >= 4 is 5.91 Å². The Hall–Kier alpha value is -2.37. The summed E-state index contributed by atoms with van der Waals surface area (Å²) < 4.78 is 38.8. The number of aromatic nitrogens is 1. The van der Waals surface area contributed by atoms with Crippen LogP contribution in [-0.2, 0) is 17.4 Å². The first-order chi connectivity index (χ1) is 12.7. The van der Waals surface area contributed by atoms with Crippen LogP contribution in [0.2, 0.25) is 0 Å². The number of rotatable bonds is 3. The third kappa shape index (κ3) is 4.87. The fourth-order valence-electron chi connectivity index (χ4n) is 3.68. The first-order valence-corrected chi connectivity index (χ1v) is 9.11. The van der Waals surface area contributed by atoms with Gasteiger partial charge in [-0.25, -0.2) is 0 Å². The standard InChI is InChI=1S/C21H23F3N2O/c1-14-9-17(10-16-5-3-7-19(11-16)21(22,23)24)12-20(25-14)18-6-4-8-26(13-18)15(2)27/h3,5,7,9,11-12,18H,4,6,8,10,13H2,1-2H3/t18-/m0/s1. The molecular formula is C21H23F3N2O. The Kier molecular flexibility index (Phi) is 5.53. The smallest absolute Gasteiger partial charge is 0.342 e. The van der Waals surface area contributed by atoms with E-state index in [1.54, 1.807) is 13.0 Å². The van der Waals surface area contributed by atoms with Crippen LogP contribution in [0.15, 0.2) is 36.4 Å². The molecule has 1 fully saturated rings. The van der Waals surface area contributed by atoms with Crippen molar-refractivity contribution in [3.05, 3.63) is 64.5 Å². The normalized spacial score (nSPS) is 17.8. The fourth-order valence-corrected chi connectivity index (χ4v) is 3.68. The highest BCUT2D eigenvalue weighted by molar-refractivity contribution is 5.73. The average Bonchev–Trinajstić information content (AvgIpc) is 2.61. The Morgan fingerprint density at radius 3 is 2.70 bits per heavy atom. The van der Waals surface area contributed by atoms with Crippen molar-refractivity contribution in [3.8, 4) is 0 Å². The van der Waals surface area contributed by atoms with Crippen molar-refractivity contribution in [1.29, 1.82) is 0 Å². The van der Waals surface area contributed by atoms with Gasteiger partial charge in [0, 0.05) is 37.3 Å². The van der Waals surface area contributed by atoms with Crippen LogP contribution in [0.1, 0.15) is 53.8 Å². The number of halogens is 3. The molecule has 0 aliphatic carbocycles. The van der Waals surface area contributed by atoms with Gasteiger partial charge in [-0.1, -0.05) is 18.2 Å². The zero-order valence-electron chi connectivity index (χ0n) is 15.5. The molecule has 0 bridgehead atoms. The largest absolute Gasteiger partial charge is 0.416 e. The van der Waals surface area contributed by atoms with E-state index in [0.717, 1.165) is 42.4 Å². The molecule has 2 aromatic rings. The minimum Gasteiger partial charge on any atom is -0.342 e. The topological polar surface area (TPSA) is 33.2 Å². The Balaban J connectivity index is 1.83. The second-order valence-electron chi connectivity index (χ2n) is 7.22. The molecule has 3 rings (SSSR count). The van der Waals surface area contributed by atoms with Crippen LogP contribution in [-0.4, -0.2) is 28.9 Å². The van der Waals surface area contributed by atoms with E-state index in [2.05, 4.69) is 4.98 Å². The molecule has 1 atom stereocenters. The van der Waals surface area contributed by atoms with E-state index in [-0.39, 0.29) is 11.8 Å². The maximum Gasteiger partial charge on any atom is 0.416 e. The van der Waals surface area contributed by atoms with Gasteiger partial charge < -0.3 is 4.90 Å². The first kappa shape index (κ1) is 19.4. The monoisotopic (exact) mass is 376 g/mol. The number of amides is 1. The average molecular weight is 376 g/mol. The van der Waals surface area contributed by atoms with E-state index in [4.69, 9.17) is 0 Å². The number of piperidine rings is 1. The number of pyridine rings is 1. The van der Waals surface area contributed by atoms with Crippen LogP contribution in [0.5, 0.6) is 0 Å². The van der Waals surface area contributed by atoms with E-state index in [1.165, 1.54) is 12.1 Å². The van der Waals surface area contributed by atoms with Gasteiger partial charge in [0.1, 0.15) is 0 Å². The van der Waals surface area contributed by atoms with E-state index in [1.807, 2.05) is 24.0 Å². The van der Waals surface area contributed by atoms with Crippen LogP contribution in [0.4, 0.5) is 13.2 Å². The highest BCUT2D eigenvalue weighted by Gasteiger charge is 2.30. The van der Waals surface area contributed by atoms with E-state index < -0.39 is 11.7 Å². The van der Waals surface area contributed by atoms with Gasteiger partial charge in [-0.05, 0) is 55.5 Å². The molecular weight excluding hydrogens is 353 g/mol. The number of nitrogens with zero attached hydrogens (tertiary/aromatic N) is 2. The summed E-state index contributed by atoms with van der Waals surface area (Å²) in [5, 5.41) is 0. The molecule has 1 aromatic carbocycles. The lowest BCUT2D eigenvalue weighted by molar-refractivity contribution is -0.137. The lowest BCUT2D eigenvalue weighted by Gasteiger charge is -2.32. The number of carbonyl (C=O) groups is 1. The van der Waals surface area contributed by atoms with E-state index >= 15 is 0 Å². The summed E-state index contributed by atoms with van der Waals surface area (Å²) in [6.07, 6.45) is -2.02. The molecule has 0 unspecified atom stereocenters. The Bertz CT molecular complexity index is 832. The lowest BCUT2D eigenvalue weighted by Crippen LogP contribution is -2.37. The summed E-state index contributed by atoms with van der Waals surface area (Å²) in [6, 6.07) is 9.33. The quantitative estimate of drug-likeness (QED) is 0.776. The highest BCUT2D eigenvalue weighted by Crippen LogP contribution is 2.31. The van der Waals surface area contributed by atoms with Crippen molar-refractivity contribution < 1.29 is 18.0 Å². The molecule has 0 saturated carbocycles. The van der Waals surface area contributed by atoms with Gasteiger partial charge in [-0.3, -0.25) is 9.78 Å². The summed E-state index contributed by atoms with van der Waals surface area (Å²) in [6.45, 7) is 4.89. The number of benzene rings is 1. The number of carbonyl (C=O) groups excluding carboxylic acids is 1. The van der Waals surface area contributed by atoms with Crippen LogP contribution in [0, 0.1) is 6.92 Å². The maximum atomic E-state index is 12.9. The van der Waals surface area contributed by atoms with Gasteiger partial charge in [-0.2, -0.15) is 13.2 Å². The van der Waals surface area contributed by atoms with Gasteiger partial charge in [-0.15, -0.1) is 0 Å². The molecule has 0 radical (unpaired) electrons. The van der Waals surface area contributed by atoms with Crippen LogP contribution in [0.25, 0.3) is 0 Å². The molecule has 27 heavy (non-hydrogen) atoms. The van der Waals surface area contributed by atoms with Gasteiger partial charge >= 0.3 is 6.18 Å². The predicted octanol–water partition coefficient (Wildman–Crippen LogP) is 4.73. The summed E-state index contributed by atoms with van der Waals surface area (Å²) in [4.78, 5) is 18.1. The van der Waals surface area contributed by atoms with Crippen LogP contribution >= 0.6 is 0 Å². The molecule has 1 aromatic heterocycles. The summed E-state index contributed by atoms with van der Waals surface area (Å²) >= 11 is 0. The van der Waals surface area contributed by atoms with Gasteiger partial charge in [0.2, 0.25) is 5.91 Å². The molecule has 3 nitrogen and oxygen atoms in total. The number of alkyl halides is 3. The van der Waals surface area contributed by atoms with Crippen LogP contribution < -0.4 is 0 Å². The van der Waals surface area contributed by atoms with Crippen molar-refractivity contribution in [2.45, 2.75) is 45.2 Å². The third-order valence-electron chi connectivity index (χ3n) is 4.98. The zero-order chi connectivity index (χ0) is 19.6. The second-order valence-corrected chi connectivity index (χ2v) is 7.22. The summed E-state index contributed by atoms with van der Waals surface area (Å²) in [5.41, 5.74) is 2.69. The SMILES string of the molecule is CC(=O)N1CCC[C@H](c2cc(Cc3cccc(C(F)(F)F)c3)cc(C)n2)C1. The Morgan fingerprint density at radius 2 is 2.00 bits per heavy atom. The fraction of sp³-hybridized carbons (Fsp3) is 0.429. The molecule has 1 aliphatic rings. The molecule has 2 heterocycles. The molecule has 6 heteroatoms. The predicted molar refractivity (Wildman–Crippen MR) is 97.5 cm³/mol. The highest BCUT2D eigenvalue weighted by atomic mass is 19.4. The van der Waals surface area contributed by atoms with E-state index in [9.17, 15) is 18.0 Å². The van der Waals surface area contributed by atoms with E-state index in [0.29, 0.717) is 18.5 Å². The molecule has 1 aliphatic heterocycles. The number of hydrogen-bond acceptors (Lipinski definition) is 2. The zero-order valence-corrected chi connectivity index (χ0v) is 15.5. The van der Waals surface area contributed by atoms with Crippen molar-refractivity contribution in [2.75, 3.05) is 13.1 Å². The first-order valence-electron chi connectivity index (χ1n) is 9.11. The van der Waals surface area contributed by atoms with Crippen LogP contribution in [0.3, 0.4) is 0 Å². The molecule has 0 spiro atoms. The lowest BCUT2D eigenvalue weighted by atomic mass is 9.92. The van der Waals surface area contributed by atoms with Crippen molar-refractivity contribution in [3.63, 3.8) is 0 Å². The summed E-state index contributed by atoms with van der Waals surface area (Å²) in [5.74, 6) is 0.236. The molecule has 1 saturated heterocycles. The Morgan fingerprint density at radius 1 is 1.22 bits per heavy atom.